The first kappa shape index (κ1) is 19.6. The van der Waals surface area contributed by atoms with Crippen LogP contribution < -0.4 is 0 Å². The fourth-order valence-electron chi connectivity index (χ4n) is 2.26. The Labute approximate surface area is 127 Å². The van der Waals surface area contributed by atoms with Crippen LogP contribution in [0.1, 0.15) is 48.4 Å². The van der Waals surface area contributed by atoms with Gasteiger partial charge in [-0.25, -0.2) is 9.59 Å². The third-order valence-corrected chi connectivity index (χ3v) is 10.4. The summed E-state index contributed by atoms with van der Waals surface area (Å²) in [4.78, 5) is 20.7. The van der Waals surface area contributed by atoms with Gasteiger partial charge in [-0.1, -0.05) is 0 Å². The van der Waals surface area contributed by atoms with E-state index in [9.17, 15) is 9.59 Å². The minimum atomic E-state index is -1.06. The van der Waals surface area contributed by atoms with Crippen molar-refractivity contribution in [2.75, 3.05) is 24.6 Å². The van der Waals surface area contributed by atoms with Crippen molar-refractivity contribution >= 4 is 19.2 Å². The number of carboxylic acid groups (broad SMARTS) is 2. The fourth-order valence-corrected chi connectivity index (χ4v) is 5.26. The van der Waals surface area contributed by atoms with Crippen molar-refractivity contribution in [3.8, 4) is 0 Å². The Balaban J connectivity index is 0.000000400. The first-order chi connectivity index (χ1) is 9.85. The van der Waals surface area contributed by atoms with Crippen LogP contribution in [0, 0.1) is 0 Å². The molecule has 0 saturated heterocycles. The molecule has 0 aromatic heterocycles. The standard InChI is InChI=1S/C8H6O4.C8H21P/c9-7(10)5-1-2-6(4-3-5)8(11)12;1-5-9(6-2,7-3)8-4/h1-4H,(H,9,10)(H,11,12);9H,5-8H2,1-4H3. The Bertz CT molecular complexity index is 399. The third-order valence-electron chi connectivity index (χ3n) is 4.38. The van der Waals surface area contributed by atoms with Crippen molar-refractivity contribution in [2.45, 2.75) is 27.7 Å². The van der Waals surface area contributed by atoms with Gasteiger partial charge >= 0.3 is 71.5 Å². The van der Waals surface area contributed by atoms with Crippen LogP contribution >= 0.6 is 7.26 Å². The third kappa shape index (κ3) is 6.26. The molecular weight excluding hydrogens is 287 g/mol. The van der Waals surface area contributed by atoms with E-state index in [-0.39, 0.29) is 11.1 Å². The maximum absolute atomic E-state index is 10.3. The minimum absolute atomic E-state index is 0.0833. The number of carboxylic acids is 2. The molecule has 0 aliphatic heterocycles. The van der Waals surface area contributed by atoms with Gasteiger partial charge in [-0.2, -0.15) is 0 Å². The predicted molar refractivity (Wildman–Crippen MR) is 90.8 cm³/mol. The second kappa shape index (κ2) is 9.51. The first-order valence-electron chi connectivity index (χ1n) is 7.42. The Morgan fingerprint density at radius 2 is 1.00 bits per heavy atom. The van der Waals surface area contributed by atoms with Crippen molar-refractivity contribution in [1.29, 1.82) is 0 Å². The van der Waals surface area contributed by atoms with Crippen LogP contribution in [0.2, 0.25) is 0 Å². The molecule has 5 heteroatoms. The van der Waals surface area contributed by atoms with E-state index in [2.05, 4.69) is 27.7 Å². The molecule has 0 saturated carbocycles. The number of carbonyl (C=O) groups is 2. The Morgan fingerprint density at radius 3 is 1.10 bits per heavy atom. The van der Waals surface area contributed by atoms with Crippen LogP contribution in [0.15, 0.2) is 24.3 Å². The summed E-state index contributed by atoms with van der Waals surface area (Å²) in [6.45, 7) is 9.46. The summed E-state index contributed by atoms with van der Waals surface area (Å²) in [5.74, 6) is -2.13. The molecule has 0 fully saturated rings. The molecular formula is C16H27O4P. The van der Waals surface area contributed by atoms with Gasteiger partial charge in [0.15, 0.2) is 0 Å². The van der Waals surface area contributed by atoms with E-state index in [1.165, 1.54) is 48.9 Å². The molecule has 0 unspecified atom stereocenters. The van der Waals surface area contributed by atoms with Crippen molar-refractivity contribution in [3.63, 3.8) is 0 Å². The number of aromatic carboxylic acids is 2. The van der Waals surface area contributed by atoms with Gasteiger partial charge in [0.05, 0.1) is 11.1 Å². The summed E-state index contributed by atoms with van der Waals surface area (Å²) in [5, 5.41) is 16.9. The number of hydrogen-bond acceptors (Lipinski definition) is 2. The van der Waals surface area contributed by atoms with Crippen LogP contribution in [-0.2, 0) is 0 Å². The quantitative estimate of drug-likeness (QED) is 0.781. The molecule has 1 aromatic rings. The van der Waals surface area contributed by atoms with E-state index in [1.807, 2.05) is 0 Å². The average molecular weight is 314 g/mol. The second-order valence-corrected chi connectivity index (χ2v) is 10.9. The van der Waals surface area contributed by atoms with Crippen molar-refractivity contribution in [3.05, 3.63) is 35.4 Å². The monoisotopic (exact) mass is 314 g/mol. The largest absolute Gasteiger partial charge is 0.478 e. The number of benzene rings is 1. The van der Waals surface area contributed by atoms with Gasteiger partial charge < -0.3 is 10.2 Å². The van der Waals surface area contributed by atoms with Crippen LogP contribution in [0.25, 0.3) is 0 Å². The van der Waals surface area contributed by atoms with Gasteiger partial charge in [0.1, 0.15) is 0 Å². The van der Waals surface area contributed by atoms with Crippen LogP contribution in [-0.4, -0.2) is 46.8 Å². The number of hydrogen-bond donors (Lipinski definition) is 2. The summed E-state index contributed by atoms with van der Waals surface area (Å²) in [6, 6.07) is 5.02. The van der Waals surface area contributed by atoms with E-state index >= 15 is 0 Å². The average Bonchev–Trinajstić information content (AvgIpc) is 2.51. The molecule has 0 atom stereocenters. The molecule has 120 valence electrons. The van der Waals surface area contributed by atoms with Crippen molar-refractivity contribution in [2.24, 2.45) is 0 Å². The molecule has 0 radical (unpaired) electrons. The van der Waals surface area contributed by atoms with Gasteiger partial charge in [0.25, 0.3) is 0 Å². The van der Waals surface area contributed by atoms with E-state index in [1.54, 1.807) is 0 Å². The van der Waals surface area contributed by atoms with Crippen molar-refractivity contribution < 1.29 is 19.8 Å². The molecule has 1 aromatic carbocycles. The number of rotatable bonds is 6. The molecule has 0 bridgehead atoms. The summed E-state index contributed by atoms with van der Waals surface area (Å²) in [6.07, 6.45) is 5.93. The zero-order valence-corrected chi connectivity index (χ0v) is 14.3. The van der Waals surface area contributed by atoms with Gasteiger partial charge in [0.2, 0.25) is 0 Å². The SMILES string of the molecule is CC[PH](CC)(CC)CC.O=C(O)c1ccc(C(=O)O)cc1. The zero-order valence-electron chi connectivity index (χ0n) is 13.3. The molecule has 0 heterocycles. The molecule has 0 amide bonds. The van der Waals surface area contributed by atoms with Gasteiger partial charge in [-0.3, -0.25) is 0 Å². The van der Waals surface area contributed by atoms with Crippen LogP contribution in [0.3, 0.4) is 0 Å². The first-order valence-corrected chi connectivity index (χ1v) is 10.2. The molecule has 0 aliphatic carbocycles. The minimum Gasteiger partial charge on any atom is -0.478 e. The zero-order chi connectivity index (χ0) is 16.5. The van der Waals surface area contributed by atoms with Gasteiger partial charge in [-0.15, -0.1) is 0 Å². The van der Waals surface area contributed by atoms with Crippen molar-refractivity contribution in [1.82, 2.24) is 0 Å². The van der Waals surface area contributed by atoms with Crippen LogP contribution in [0.4, 0.5) is 0 Å². The van der Waals surface area contributed by atoms with E-state index in [0.717, 1.165) is 0 Å². The summed E-state index contributed by atoms with van der Waals surface area (Å²) in [7, 11) is -0.691. The molecule has 4 nitrogen and oxygen atoms in total. The topological polar surface area (TPSA) is 74.6 Å². The Morgan fingerprint density at radius 1 is 0.762 bits per heavy atom. The second-order valence-electron chi connectivity index (χ2n) is 5.10. The molecule has 1 rings (SSSR count). The Kier molecular flexibility index (Phi) is 8.87. The summed E-state index contributed by atoms with van der Waals surface area (Å²) in [5.41, 5.74) is 0.167. The molecule has 0 aliphatic rings. The fraction of sp³-hybridized carbons (Fsp3) is 0.500. The summed E-state index contributed by atoms with van der Waals surface area (Å²) >= 11 is 0. The Hall–Kier alpha value is -1.41. The van der Waals surface area contributed by atoms with E-state index in [4.69, 9.17) is 10.2 Å². The predicted octanol–water partition coefficient (Wildman–Crippen LogP) is 3.90. The maximum atomic E-state index is 10.3. The van der Waals surface area contributed by atoms with E-state index < -0.39 is 19.2 Å². The van der Waals surface area contributed by atoms with Crippen LogP contribution in [0.5, 0.6) is 0 Å². The van der Waals surface area contributed by atoms with Gasteiger partial charge in [0, 0.05) is 0 Å². The van der Waals surface area contributed by atoms with E-state index in [0.29, 0.717) is 0 Å². The smallest absolute Gasteiger partial charge is 0.335 e. The summed E-state index contributed by atoms with van der Waals surface area (Å²) < 4.78 is 0. The normalized spacial score (nSPS) is 11.2. The van der Waals surface area contributed by atoms with Gasteiger partial charge in [-0.05, 0) is 24.3 Å². The maximum Gasteiger partial charge on any atom is 0.335 e. The molecule has 2 N–H and O–H groups in total. The molecule has 0 spiro atoms. The molecule has 21 heavy (non-hydrogen) atoms.